The van der Waals surface area contributed by atoms with Crippen LogP contribution in [-0.4, -0.2) is 43.5 Å². The van der Waals surface area contributed by atoms with Gasteiger partial charge >= 0.3 is 0 Å². The minimum atomic E-state index is -0.366. The van der Waals surface area contributed by atoms with E-state index >= 15 is 0 Å². The number of carbonyl (C=O) groups is 1. The fraction of sp³-hybridized carbons (Fsp3) is 0.250. The third-order valence-corrected chi connectivity index (χ3v) is 6.53. The Balaban J connectivity index is 1.53. The van der Waals surface area contributed by atoms with Gasteiger partial charge in [0.15, 0.2) is 5.69 Å². The third-order valence-electron chi connectivity index (χ3n) is 5.76. The number of thioether (sulfide) groups is 1. The second-order valence-corrected chi connectivity index (χ2v) is 8.75. The van der Waals surface area contributed by atoms with Gasteiger partial charge in [-0.15, -0.1) is 11.8 Å². The predicted molar refractivity (Wildman–Crippen MR) is 123 cm³/mol. The van der Waals surface area contributed by atoms with Crippen LogP contribution in [0.2, 0.25) is 0 Å². The molecule has 1 amide bonds. The number of aromatic amines is 1. The minimum absolute atomic E-state index is 0.172. The maximum absolute atomic E-state index is 14.0. The Morgan fingerprint density at radius 3 is 2.88 bits per heavy atom. The van der Waals surface area contributed by atoms with Crippen LogP contribution in [0, 0.1) is 12.7 Å². The molecule has 1 N–H and O–H groups in total. The van der Waals surface area contributed by atoms with Gasteiger partial charge in [0.05, 0.1) is 11.6 Å². The normalized spacial score (nSPS) is 16.1. The molecule has 1 fully saturated rings. The van der Waals surface area contributed by atoms with Crippen LogP contribution < -0.4 is 0 Å². The quantitative estimate of drug-likeness (QED) is 0.437. The lowest BCUT2D eigenvalue weighted by Gasteiger charge is -2.23. The molecule has 32 heavy (non-hydrogen) atoms. The zero-order valence-corrected chi connectivity index (χ0v) is 18.6. The maximum Gasteiger partial charge on any atom is 0.275 e. The summed E-state index contributed by atoms with van der Waals surface area (Å²) in [6.07, 6.45) is 6.74. The van der Waals surface area contributed by atoms with E-state index in [2.05, 4.69) is 15.0 Å². The lowest BCUT2D eigenvalue weighted by molar-refractivity contribution is 0.0725. The van der Waals surface area contributed by atoms with Gasteiger partial charge in [0, 0.05) is 29.4 Å². The number of benzene rings is 2. The Labute approximate surface area is 189 Å². The SMILES string of the molecule is CSc1cccc2[nH]c([C@@H]3CCCN3C(=O)c3nccnc3-c3cc(C)cc(F)c3)nc12. The molecule has 5 rings (SSSR count). The van der Waals surface area contributed by atoms with Gasteiger partial charge < -0.3 is 9.88 Å². The second kappa shape index (κ2) is 8.35. The number of nitrogens with one attached hydrogen (secondary N) is 1. The van der Waals surface area contributed by atoms with Crippen LogP contribution in [0.5, 0.6) is 0 Å². The standard InChI is InChI=1S/C24H22FN5OS/c1-14-11-15(13-16(25)12-14)20-22(27-9-8-26-20)24(31)30-10-4-6-18(30)23-28-17-5-3-7-19(32-2)21(17)29-23/h3,5,7-9,11-13,18H,4,6,10H2,1-2H3,(H,28,29)/t18-/m0/s1. The molecule has 0 spiro atoms. The highest BCUT2D eigenvalue weighted by atomic mass is 32.2. The van der Waals surface area contributed by atoms with E-state index in [-0.39, 0.29) is 23.5 Å². The Hall–Kier alpha value is -3.26. The lowest BCUT2D eigenvalue weighted by Crippen LogP contribution is -2.32. The number of para-hydroxylation sites is 1. The summed E-state index contributed by atoms with van der Waals surface area (Å²) in [5, 5.41) is 0. The maximum atomic E-state index is 14.0. The second-order valence-electron chi connectivity index (χ2n) is 7.91. The summed E-state index contributed by atoms with van der Waals surface area (Å²) in [5.41, 5.74) is 3.80. The molecule has 6 nitrogen and oxygen atoms in total. The van der Waals surface area contributed by atoms with Crippen molar-refractivity contribution in [2.45, 2.75) is 30.7 Å². The molecule has 0 radical (unpaired) electrons. The number of carbonyl (C=O) groups excluding carboxylic acids is 1. The average Bonchev–Trinajstić information content (AvgIpc) is 3.44. The van der Waals surface area contributed by atoms with Crippen LogP contribution in [0.25, 0.3) is 22.3 Å². The summed E-state index contributed by atoms with van der Waals surface area (Å²) in [6.45, 7) is 2.42. The van der Waals surface area contributed by atoms with E-state index in [1.807, 2.05) is 37.4 Å². The Morgan fingerprint density at radius 2 is 2.06 bits per heavy atom. The van der Waals surface area contributed by atoms with Gasteiger partial charge in [0.25, 0.3) is 5.91 Å². The van der Waals surface area contributed by atoms with Crippen molar-refractivity contribution in [2.24, 2.45) is 0 Å². The molecule has 8 heteroatoms. The largest absolute Gasteiger partial charge is 0.340 e. The highest BCUT2D eigenvalue weighted by Gasteiger charge is 2.34. The van der Waals surface area contributed by atoms with E-state index in [1.54, 1.807) is 16.7 Å². The van der Waals surface area contributed by atoms with E-state index < -0.39 is 0 Å². The molecule has 1 atom stereocenters. The zero-order chi connectivity index (χ0) is 22.2. The van der Waals surface area contributed by atoms with Crippen molar-refractivity contribution in [1.82, 2.24) is 24.8 Å². The molecule has 0 saturated carbocycles. The van der Waals surface area contributed by atoms with Crippen molar-refractivity contribution in [3.63, 3.8) is 0 Å². The number of amides is 1. The van der Waals surface area contributed by atoms with Gasteiger partial charge in [-0.2, -0.15) is 0 Å². The molecule has 0 unspecified atom stereocenters. The van der Waals surface area contributed by atoms with Crippen molar-refractivity contribution >= 4 is 28.7 Å². The van der Waals surface area contributed by atoms with Crippen molar-refractivity contribution in [2.75, 3.05) is 12.8 Å². The monoisotopic (exact) mass is 447 g/mol. The van der Waals surface area contributed by atoms with Crippen LogP contribution in [0.1, 0.15) is 40.8 Å². The summed E-state index contributed by atoms with van der Waals surface area (Å²) >= 11 is 1.65. The number of hydrogen-bond acceptors (Lipinski definition) is 5. The summed E-state index contributed by atoms with van der Waals surface area (Å²) in [4.78, 5) is 33.5. The Morgan fingerprint density at radius 1 is 1.22 bits per heavy atom. The van der Waals surface area contributed by atoms with Crippen LogP contribution in [0.15, 0.2) is 53.7 Å². The molecule has 0 bridgehead atoms. The predicted octanol–water partition coefficient (Wildman–Crippen LogP) is 5.17. The highest BCUT2D eigenvalue weighted by Crippen LogP contribution is 2.35. The minimum Gasteiger partial charge on any atom is -0.340 e. The first-order chi connectivity index (χ1) is 15.5. The number of halogens is 1. The van der Waals surface area contributed by atoms with Crippen molar-refractivity contribution in [3.8, 4) is 11.3 Å². The molecule has 2 aromatic carbocycles. The number of H-pyrrole nitrogens is 1. The Kier molecular flexibility index (Phi) is 5.38. The number of fused-ring (bicyclic) bond motifs is 1. The smallest absolute Gasteiger partial charge is 0.275 e. The molecule has 1 aliphatic rings. The van der Waals surface area contributed by atoms with Gasteiger partial charge in [-0.25, -0.2) is 14.4 Å². The Bertz CT molecular complexity index is 1300. The number of imidazole rings is 1. The number of likely N-dealkylation sites (tertiary alicyclic amines) is 1. The lowest BCUT2D eigenvalue weighted by atomic mass is 10.1. The van der Waals surface area contributed by atoms with Gasteiger partial charge in [-0.3, -0.25) is 9.78 Å². The molecular weight excluding hydrogens is 425 g/mol. The molecule has 162 valence electrons. The first-order valence-corrected chi connectivity index (χ1v) is 11.7. The van der Waals surface area contributed by atoms with Crippen LogP contribution in [-0.2, 0) is 0 Å². The highest BCUT2D eigenvalue weighted by molar-refractivity contribution is 7.98. The number of aryl methyl sites for hydroxylation is 1. The first kappa shape index (κ1) is 20.6. The molecule has 4 aromatic rings. The topological polar surface area (TPSA) is 74.8 Å². The number of aromatic nitrogens is 4. The van der Waals surface area contributed by atoms with Crippen molar-refractivity contribution < 1.29 is 9.18 Å². The van der Waals surface area contributed by atoms with Gasteiger partial charge in [-0.05, 0) is 61.9 Å². The van der Waals surface area contributed by atoms with E-state index in [9.17, 15) is 9.18 Å². The zero-order valence-electron chi connectivity index (χ0n) is 17.8. The van der Waals surface area contributed by atoms with E-state index in [0.29, 0.717) is 17.8 Å². The van der Waals surface area contributed by atoms with Crippen LogP contribution >= 0.6 is 11.8 Å². The summed E-state index contributed by atoms with van der Waals surface area (Å²) in [5.74, 6) is 0.192. The van der Waals surface area contributed by atoms with Gasteiger partial charge in [0.2, 0.25) is 0 Å². The van der Waals surface area contributed by atoms with Gasteiger partial charge in [-0.1, -0.05) is 6.07 Å². The molecule has 1 aliphatic heterocycles. The van der Waals surface area contributed by atoms with E-state index in [4.69, 9.17) is 4.98 Å². The number of hydrogen-bond donors (Lipinski definition) is 1. The molecule has 3 heterocycles. The van der Waals surface area contributed by atoms with Crippen LogP contribution in [0.3, 0.4) is 0 Å². The third kappa shape index (κ3) is 3.64. The summed E-state index contributed by atoms with van der Waals surface area (Å²) < 4.78 is 14.0. The van der Waals surface area contributed by atoms with Crippen molar-refractivity contribution in [1.29, 1.82) is 0 Å². The number of rotatable bonds is 4. The van der Waals surface area contributed by atoms with E-state index in [0.717, 1.165) is 40.2 Å². The van der Waals surface area contributed by atoms with Gasteiger partial charge in [0.1, 0.15) is 22.9 Å². The fourth-order valence-corrected chi connectivity index (χ4v) is 4.92. The number of nitrogens with zero attached hydrogens (tertiary/aromatic N) is 4. The van der Waals surface area contributed by atoms with Crippen molar-refractivity contribution in [3.05, 3.63) is 71.7 Å². The molecular formula is C24H22FN5OS. The fourth-order valence-electron chi connectivity index (χ4n) is 4.36. The van der Waals surface area contributed by atoms with E-state index in [1.165, 1.54) is 24.5 Å². The molecule has 2 aromatic heterocycles. The molecule has 0 aliphatic carbocycles. The molecule has 1 saturated heterocycles. The van der Waals surface area contributed by atoms with Crippen LogP contribution in [0.4, 0.5) is 4.39 Å². The summed E-state index contributed by atoms with van der Waals surface area (Å²) in [6, 6.07) is 10.5. The summed E-state index contributed by atoms with van der Waals surface area (Å²) in [7, 11) is 0. The average molecular weight is 448 g/mol. The first-order valence-electron chi connectivity index (χ1n) is 10.5.